The third kappa shape index (κ3) is 9.45. The van der Waals surface area contributed by atoms with Crippen molar-refractivity contribution in [2.75, 3.05) is 0 Å². The van der Waals surface area contributed by atoms with Crippen molar-refractivity contribution < 1.29 is 104 Å². The van der Waals surface area contributed by atoms with E-state index in [0.717, 1.165) is 0 Å². The molecule has 0 aliphatic carbocycles. The van der Waals surface area contributed by atoms with Crippen molar-refractivity contribution >= 4 is 26.2 Å². The molecule has 0 saturated heterocycles. The largest absolute Gasteiger partial charge is 1.00 e. The third-order valence-corrected chi connectivity index (χ3v) is 0. The van der Waals surface area contributed by atoms with Gasteiger partial charge in [-0.2, -0.15) is 0 Å². The summed E-state index contributed by atoms with van der Waals surface area (Å²) in [6.45, 7) is 0. The molecule has 0 rings (SSSR count). The average Bonchev–Trinajstić information content (AvgIpc) is 0. The van der Waals surface area contributed by atoms with Crippen LogP contribution in [0.2, 0.25) is 0 Å². The molecule has 0 nitrogen and oxygen atoms in total. The Labute approximate surface area is 127 Å². The van der Waals surface area contributed by atoms with Crippen molar-refractivity contribution in [1.29, 1.82) is 0 Å². The normalized spacial score (nSPS) is 0. The van der Waals surface area contributed by atoms with Crippen molar-refractivity contribution in [3.8, 4) is 0 Å². The Morgan fingerprint density at radius 3 is 1.25 bits per heavy atom. The molecule has 0 aliphatic heterocycles. The summed E-state index contributed by atoms with van der Waals surface area (Å²) < 4.78 is 0. The van der Waals surface area contributed by atoms with Crippen LogP contribution in [0.25, 0.3) is 0 Å². The molecule has 0 saturated carbocycles. The molecule has 4 heteroatoms. The number of hydrogen-bond acceptors (Lipinski definition) is 0. The molecule has 0 aromatic heterocycles. The monoisotopic (exact) mass is 284 g/mol. The van der Waals surface area contributed by atoms with Gasteiger partial charge in [-0.05, 0) is 0 Å². The molecular weight excluding hydrogens is 278 g/mol. The minimum Gasteiger partial charge on any atom is -1.00 e. The molecule has 0 aromatic rings. The molecule has 0 atom stereocenters. The third-order valence-electron chi connectivity index (χ3n) is 0. The maximum atomic E-state index is 0. The van der Waals surface area contributed by atoms with E-state index in [2.05, 4.69) is 0 Å². The van der Waals surface area contributed by atoms with Gasteiger partial charge in [0.05, 0.1) is 0 Å². The molecule has 0 spiro atoms. The molecule has 0 N–H and O–H groups in total. The Morgan fingerprint density at radius 1 is 1.25 bits per heavy atom. The van der Waals surface area contributed by atoms with E-state index in [0.29, 0.717) is 0 Å². The van der Waals surface area contributed by atoms with Crippen LogP contribution in [0.4, 0.5) is 0 Å². The summed E-state index contributed by atoms with van der Waals surface area (Å²) in [4.78, 5) is 0. The fourth-order valence-corrected chi connectivity index (χ4v) is 0. The minimum absolute atomic E-state index is 0. The van der Waals surface area contributed by atoms with E-state index >= 15 is 0 Å². The molecule has 4 heavy (non-hydrogen) atoms. The van der Waals surface area contributed by atoms with Gasteiger partial charge in [0.1, 0.15) is 0 Å². The summed E-state index contributed by atoms with van der Waals surface area (Å²) >= 11 is 0. The van der Waals surface area contributed by atoms with E-state index in [1.165, 1.54) is 0 Å². The van der Waals surface area contributed by atoms with E-state index in [1.54, 1.807) is 0 Å². The van der Waals surface area contributed by atoms with E-state index in [-0.39, 0.29) is 130 Å². The molecule has 0 unspecified atom stereocenters. The van der Waals surface area contributed by atoms with Crippen LogP contribution in [0.5, 0.6) is 0 Å². The first-order valence-electron chi connectivity index (χ1n) is 0. The quantitative estimate of drug-likeness (QED) is 0.388. The van der Waals surface area contributed by atoms with Gasteiger partial charge in [-0.1, -0.05) is 0 Å². The summed E-state index contributed by atoms with van der Waals surface area (Å²) in [6, 6.07) is 0. The van der Waals surface area contributed by atoms with Crippen LogP contribution in [-0.2, 0) is 0 Å². The maximum Gasteiger partial charge on any atom is 1.00 e. The SMILES string of the molecule is [BiH3].[H-].[H-].[H-].[K+].[Li+].[Na+]. The van der Waals surface area contributed by atoms with Crippen LogP contribution in [0.1, 0.15) is 4.28 Å². The van der Waals surface area contributed by atoms with Crippen molar-refractivity contribution in [2.24, 2.45) is 0 Å². The Hall–Kier alpha value is 4.12. The maximum absolute atomic E-state index is 0. The molecule has 0 radical (unpaired) electrons. The topological polar surface area (TPSA) is 0 Å². The summed E-state index contributed by atoms with van der Waals surface area (Å²) in [5, 5.41) is 0. The van der Waals surface area contributed by atoms with Gasteiger partial charge in [0, 0.05) is 0 Å². The van der Waals surface area contributed by atoms with Crippen molar-refractivity contribution in [1.82, 2.24) is 0 Å². The smallest absolute Gasteiger partial charge is 1.00 e. The van der Waals surface area contributed by atoms with Gasteiger partial charge in [0.2, 0.25) is 0 Å². The van der Waals surface area contributed by atoms with E-state index in [9.17, 15) is 0 Å². The van der Waals surface area contributed by atoms with Gasteiger partial charge in [0.25, 0.3) is 0 Å². The van der Waals surface area contributed by atoms with Crippen molar-refractivity contribution in [3.63, 3.8) is 0 Å². The molecule has 0 aliphatic rings. The summed E-state index contributed by atoms with van der Waals surface area (Å²) in [6.07, 6.45) is 0. The number of rotatable bonds is 0. The molecule has 0 heterocycles. The van der Waals surface area contributed by atoms with Crippen LogP contribution in [0, 0.1) is 0 Å². The van der Waals surface area contributed by atoms with E-state index in [4.69, 9.17) is 0 Å². The fraction of sp³-hybridized carbons (Fsp3) is 0. The zero-order valence-electron chi connectivity index (χ0n) is 6.71. The second kappa shape index (κ2) is 15.7. The fourth-order valence-electron chi connectivity index (χ4n) is 0. The van der Waals surface area contributed by atoms with Gasteiger partial charge in [-0.3, -0.25) is 0 Å². The van der Waals surface area contributed by atoms with Gasteiger partial charge in [-0.15, -0.1) is 0 Å². The Balaban J connectivity index is 0. The van der Waals surface area contributed by atoms with Crippen molar-refractivity contribution in [3.05, 3.63) is 0 Å². The van der Waals surface area contributed by atoms with Crippen LogP contribution in [-0.4, -0.2) is 26.2 Å². The molecule has 0 fully saturated rings. The molecule has 0 bridgehead atoms. The summed E-state index contributed by atoms with van der Waals surface area (Å²) in [7, 11) is 0. The first-order chi connectivity index (χ1) is 0. The second-order valence-electron chi connectivity index (χ2n) is 0. The van der Waals surface area contributed by atoms with Gasteiger partial charge in [-0.25, -0.2) is 0 Å². The Kier molecular flexibility index (Phi) is 95.3. The second-order valence-corrected chi connectivity index (χ2v) is 0. The van der Waals surface area contributed by atoms with Gasteiger partial charge < -0.3 is 4.28 Å². The van der Waals surface area contributed by atoms with Crippen molar-refractivity contribution in [2.45, 2.75) is 0 Å². The molecule has 14 valence electrons. The molecule has 0 aromatic carbocycles. The summed E-state index contributed by atoms with van der Waals surface area (Å²) in [5.41, 5.74) is 0. The van der Waals surface area contributed by atoms with Crippen LogP contribution in [0.3, 0.4) is 0 Å². The van der Waals surface area contributed by atoms with Crippen LogP contribution >= 0.6 is 0 Å². The first kappa shape index (κ1) is 24.3. The Morgan fingerprint density at radius 2 is 1.25 bits per heavy atom. The molecule has 0 amide bonds. The zero-order chi connectivity index (χ0) is 0. The number of hydrogen-bond donors (Lipinski definition) is 0. The van der Waals surface area contributed by atoms with Gasteiger partial charge >= 0.3 is 126 Å². The first-order valence-corrected chi connectivity index (χ1v) is 0. The predicted octanol–water partition coefficient (Wildman–Crippen LogP) is -9.83. The Bertz CT molecular complexity index is 14.9. The standard InChI is InChI=1S/Bi.K.Li.Na.6H/q;3*+1;;;;3*-1. The predicted molar refractivity (Wildman–Crippen MR) is 13.3 cm³/mol. The summed E-state index contributed by atoms with van der Waals surface area (Å²) in [5.74, 6) is 0. The molecular formula is H6BiKLiNa. The average molecular weight is 284 g/mol. The van der Waals surface area contributed by atoms with E-state index < -0.39 is 0 Å². The van der Waals surface area contributed by atoms with Gasteiger partial charge in [0.15, 0.2) is 0 Å². The van der Waals surface area contributed by atoms with Crippen LogP contribution < -0.4 is 99.8 Å². The van der Waals surface area contributed by atoms with Crippen LogP contribution in [0.15, 0.2) is 0 Å². The van der Waals surface area contributed by atoms with E-state index in [1.807, 2.05) is 0 Å². The zero-order valence-corrected chi connectivity index (χ0v) is 14.3. The minimum atomic E-state index is 0.